The molecular formula is C8H16NO+. The second kappa shape index (κ2) is 1.95. The molecule has 2 bridgehead atoms. The smallest absolute Gasteiger partial charge is 0.106 e. The van der Waals surface area contributed by atoms with E-state index in [2.05, 4.69) is 7.05 Å². The summed E-state index contributed by atoms with van der Waals surface area (Å²) in [6.07, 6.45) is 2.50. The number of piperidine rings is 3. The van der Waals surface area contributed by atoms with E-state index in [1.807, 2.05) is 0 Å². The van der Waals surface area contributed by atoms with Gasteiger partial charge in [0, 0.05) is 18.8 Å². The molecule has 0 spiro atoms. The van der Waals surface area contributed by atoms with Crippen molar-refractivity contribution in [3.63, 3.8) is 0 Å². The molecule has 10 heavy (non-hydrogen) atoms. The van der Waals surface area contributed by atoms with Gasteiger partial charge in [0.2, 0.25) is 0 Å². The van der Waals surface area contributed by atoms with Gasteiger partial charge in [-0.25, -0.2) is 0 Å². The van der Waals surface area contributed by atoms with Crippen LogP contribution in [0.5, 0.6) is 0 Å². The van der Waals surface area contributed by atoms with Crippen LogP contribution in [0.25, 0.3) is 0 Å². The lowest BCUT2D eigenvalue weighted by atomic mass is 9.84. The fraction of sp³-hybridized carbons (Fsp3) is 1.00. The molecule has 3 rings (SSSR count). The average Bonchev–Trinajstić information content (AvgIpc) is 1.87. The highest BCUT2D eigenvalue weighted by atomic mass is 16.3. The lowest BCUT2D eigenvalue weighted by molar-refractivity contribution is -0.928. The third-order valence-electron chi connectivity index (χ3n) is 3.25. The van der Waals surface area contributed by atoms with E-state index >= 15 is 0 Å². The fourth-order valence-electron chi connectivity index (χ4n) is 2.38. The summed E-state index contributed by atoms with van der Waals surface area (Å²) in [5.41, 5.74) is 0. The number of likely N-dealkylation sites (N-methyl/N-ethyl adjacent to an activating group) is 1. The topological polar surface area (TPSA) is 20.2 Å². The van der Waals surface area contributed by atoms with Crippen molar-refractivity contribution in [3.8, 4) is 0 Å². The summed E-state index contributed by atoms with van der Waals surface area (Å²) in [7, 11) is 2.26. The Morgan fingerprint density at radius 3 is 2.20 bits per heavy atom. The summed E-state index contributed by atoms with van der Waals surface area (Å²) in [4.78, 5) is 0. The molecule has 0 aromatic heterocycles. The van der Waals surface area contributed by atoms with Crippen LogP contribution < -0.4 is 0 Å². The number of hydrogen-bond donors (Lipinski definition) is 1. The van der Waals surface area contributed by atoms with E-state index in [1.165, 1.54) is 25.9 Å². The van der Waals surface area contributed by atoms with Gasteiger partial charge in [0.25, 0.3) is 0 Å². The van der Waals surface area contributed by atoms with Crippen LogP contribution >= 0.6 is 0 Å². The van der Waals surface area contributed by atoms with E-state index < -0.39 is 0 Å². The number of rotatable bonds is 0. The second-order valence-electron chi connectivity index (χ2n) is 4.15. The highest BCUT2D eigenvalue weighted by molar-refractivity contribution is 4.78. The Kier molecular flexibility index (Phi) is 1.29. The van der Waals surface area contributed by atoms with Gasteiger partial charge in [-0.15, -0.1) is 0 Å². The minimum Gasteiger partial charge on any atom is -0.387 e. The van der Waals surface area contributed by atoms with E-state index in [9.17, 15) is 5.11 Å². The first-order valence-corrected chi connectivity index (χ1v) is 4.21. The van der Waals surface area contributed by atoms with Gasteiger partial charge in [0.1, 0.15) is 12.6 Å². The van der Waals surface area contributed by atoms with Crippen LogP contribution in [-0.4, -0.2) is 42.4 Å². The predicted molar refractivity (Wildman–Crippen MR) is 39.5 cm³/mol. The molecule has 1 atom stereocenters. The molecule has 3 aliphatic rings. The zero-order valence-corrected chi connectivity index (χ0v) is 6.58. The lowest BCUT2D eigenvalue weighted by Gasteiger charge is -2.48. The number of hydrogen-bond acceptors (Lipinski definition) is 1. The summed E-state index contributed by atoms with van der Waals surface area (Å²) in [5, 5.41) is 9.55. The number of aliphatic hydroxyl groups is 1. The molecule has 0 radical (unpaired) electrons. The molecule has 0 amide bonds. The quantitative estimate of drug-likeness (QED) is 0.480. The van der Waals surface area contributed by atoms with E-state index in [0.29, 0.717) is 5.92 Å². The fourth-order valence-corrected chi connectivity index (χ4v) is 2.38. The van der Waals surface area contributed by atoms with E-state index in [0.717, 1.165) is 11.0 Å². The standard InChI is InChI=1S/C8H16NO/c1-9-4-2-7(3-5-9)8(10)6-9/h7-8,10H,2-6H2,1H3/q+1/t7?,8-,9?/m1/s1. The molecular weight excluding hydrogens is 126 g/mol. The van der Waals surface area contributed by atoms with E-state index in [4.69, 9.17) is 0 Å². The Bertz CT molecular complexity index is 138. The highest BCUT2D eigenvalue weighted by Gasteiger charge is 2.42. The summed E-state index contributed by atoms with van der Waals surface area (Å²) in [6, 6.07) is 0. The summed E-state index contributed by atoms with van der Waals surface area (Å²) >= 11 is 0. The maximum absolute atomic E-state index is 9.55. The van der Waals surface area contributed by atoms with Crippen molar-refractivity contribution in [2.75, 3.05) is 26.7 Å². The molecule has 2 heteroatoms. The third kappa shape index (κ3) is 0.867. The van der Waals surface area contributed by atoms with Crippen molar-refractivity contribution < 1.29 is 9.59 Å². The molecule has 3 aliphatic heterocycles. The average molecular weight is 142 g/mol. The van der Waals surface area contributed by atoms with Gasteiger partial charge in [0.15, 0.2) is 0 Å². The van der Waals surface area contributed by atoms with Gasteiger partial charge in [-0.2, -0.15) is 0 Å². The molecule has 3 saturated heterocycles. The van der Waals surface area contributed by atoms with Crippen molar-refractivity contribution >= 4 is 0 Å². The normalized spacial score (nSPS) is 53.4. The van der Waals surface area contributed by atoms with Gasteiger partial charge in [-0.05, 0) is 0 Å². The first-order chi connectivity index (χ1) is 4.70. The molecule has 3 fully saturated rings. The van der Waals surface area contributed by atoms with Crippen molar-refractivity contribution in [1.29, 1.82) is 0 Å². The molecule has 0 aliphatic carbocycles. The summed E-state index contributed by atoms with van der Waals surface area (Å²) in [6.45, 7) is 3.59. The Morgan fingerprint density at radius 1 is 1.30 bits per heavy atom. The molecule has 0 aromatic carbocycles. The summed E-state index contributed by atoms with van der Waals surface area (Å²) in [5.74, 6) is 0.639. The number of nitrogens with zero attached hydrogens (tertiary/aromatic N) is 1. The van der Waals surface area contributed by atoms with Gasteiger partial charge >= 0.3 is 0 Å². The van der Waals surface area contributed by atoms with Gasteiger partial charge in [0.05, 0.1) is 20.1 Å². The van der Waals surface area contributed by atoms with Gasteiger partial charge in [-0.3, -0.25) is 0 Å². The van der Waals surface area contributed by atoms with Crippen LogP contribution in [0.2, 0.25) is 0 Å². The SMILES string of the molecule is C[N+]12CCC(CC1)[C@H](O)C2. The van der Waals surface area contributed by atoms with Crippen molar-refractivity contribution in [1.82, 2.24) is 0 Å². The van der Waals surface area contributed by atoms with Crippen LogP contribution in [0.15, 0.2) is 0 Å². The van der Waals surface area contributed by atoms with Crippen LogP contribution in [0.3, 0.4) is 0 Å². The van der Waals surface area contributed by atoms with Crippen molar-refractivity contribution in [2.24, 2.45) is 5.92 Å². The zero-order chi connectivity index (χ0) is 7.19. The maximum Gasteiger partial charge on any atom is 0.106 e. The zero-order valence-electron chi connectivity index (χ0n) is 6.58. The van der Waals surface area contributed by atoms with Crippen LogP contribution in [0.4, 0.5) is 0 Å². The third-order valence-corrected chi connectivity index (χ3v) is 3.25. The molecule has 2 nitrogen and oxygen atoms in total. The second-order valence-corrected chi connectivity index (χ2v) is 4.15. The van der Waals surface area contributed by atoms with E-state index in [-0.39, 0.29) is 6.10 Å². The molecule has 0 saturated carbocycles. The van der Waals surface area contributed by atoms with E-state index in [1.54, 1.807) is 0 Å². The Hall–Kier alpha value is -0.0800. The molecule has 0 aromatic rings. The predicted octanol–water partition coefficient (Wildman–Crippen LogP) is 0.218. The number of aliphatic hydroxyl groups excluding tert-OH is 1. The largest absolute Gasteiger partial charge is 0.387 e. The Balaban J connectivity index is 2.14. The highest BCUT2D eigenvalue weighted by Crippen LogP contribution is 2.31. The van der Waals surface area contributed by atoms with Crippen molar-refractivity contribution in [2.45, 2.75) is 18.9 Å². The van der Waals surface area contributed by atoms with Crippen LogP contribution in [0, 0.1) is 5.92 Å². The molecule has 1 N–H and O–H groups in total. The molecule has 0 unspecified atom stereocenters. The lowest BCUT2D eigenvalue weighted by Crippen LogP contribution is -2.61. The first-order valence-electron chi connectivity index (χ1n) is 4.21. The maximum atomic E-state index is 9.55. The van der Waals surface area contributed by atoms with Crippen molar-refractivity contribution in [3.05, 3.63) is 0 Å². The van der Waals surface area contributed by atoms with Gasteiger partial charge < -0.3 is 9.59 Å². The van der Waals surface area contributed by atoms with Crippen LogP contribution in [0.1, 0.15) is 12.8 Å². The minimum absolute atomic E-state index is 0.00694. The summed E-state index contributed by atoms with van der Waals surface area (Å²) < 4.78 is 1.12. The number of fused-ring (bicyclic) bond motifs is 3. The van der Waals surface area contributed by atoms with Gasteiger partial charge in [-0.1, -0.05) is 0 Å². The Morgan fingerprint density at radius 2 is 1.90 bits per heavy atom. The number of quaternary nitrogens is 1. The molecule has 3 heterocycles. The minimum atomic E-state index is 0.00694. The van der Waals surface area contributed by atoms with Crippen LogP contribution in [-0.2, 0) is 0 Å². The first kappa shape index (κ1) is 6.62. The Labute approximate surface area is 62.0 Å². The molecule has 58 valence electrons. The monoisotopic (exact) mass is 142 g/mol.